The van der Waals surface area contributed by atoms with Crippen LogP contribution in [0.3, 0.4) is 0 Å². The fraction of sp³-hybridized carbons (Fsp3) is 0.538. The molecule has 1 aromatic carbocycles. The van der Waals surface area contributed by atoms with Gasteiger partial charge in [0.2, 0.25) is 0 Å². The molecule has 0 nitrogen and oxygen atoms in total. The van der Waals surface area contributed by atoms with Crippen LogP contribution in [0.4, 0.5) is 4.39 Å². The molecule has 1 heteroatoms. The average molecular weight is 194 g/mol. The standard InChI is InChI=1S/C13H19F/c1-10(2)7-11(3)8-12-5-4-6-13(14)9-12/h4-6,9-11H,7-8H2,1-3H3. The molecule has 1 atom stereocenters. The summed E-state index contributed by atoms with van der Waals surface area (Å²) < 4.78 is 12.9. The van der Waals surface area contributed by atoms with E-state index in [1.807, 2.05) is 6.07 Å². The molecule has 14 heavy (non-hydrogen) atoms. The Morgan fingerprint density at radius 1 is 1.21 bits per heavy atom. The predicted molar refractivity (Wildman–Crippen MR) is 58.7 cm³/mol. The van der Waals surface area contributed by atoms with E-state index in [1.54, 1.807) is 12.1 Å². The van der Waals surface area contributed by atoms with Gasteiger partial charge in [-0.2, -0.15) is 0 Å². The van der Waals surface area contributed by atoms with Crippen molar-refractivity contribution < 1.29 is 4.39 Å². The van der Waals surface area contributed by atoms with Gasteiger partial charge in [0, 0.05) is 0 Å². The van der Waals surface area contributed by atoms with Gasteiger partial charge in [0.1, 0.15) is 5.82 Å². The summed E-state index contributed by atoms with van der Waals surface area (Å²) in [6, 6.07) is 6.92. The highest BCUT2D eigenvalue weighted by Crippen LogP contribution is 2.16. The number of rotatable bonds is 4. The molecule has 0 aliphatic rings. The van der Waals surface area contributed by atoms with Gasteiger partial charge in [0.05, 0.1) is 0 Å². The monoisotopic (exact) mass is 194 g/mol. The zero-order valence-electron chi connectivity index (χ0n) is 9.26. The maximum Gasteiger partial charge on any atom is 0.123 e. The predicted octanol–water partition coefficient (Wildman–Crippen LogP) is 4.05. The second kappa shape index (κ2) is 5.14. The van der Waals surface area contributed by atoms with Crippen LogP contribution in [0.1, 0.15) is 32.8 Å². The van der Waals surface area contributed by atoms with Crippen molar-refractivity contribution in [3.05, 3.63) is 35.6 Å². The Morgan fingerprint density at radius 2 is 1.93 bits per heavy atom. The normalized spacial score (nSPS) is 13.2. The summed E-state index contributed by atoms with van der Waals surface area (Å²) in [4.78, 5) is 0. The SMILES string of the molecule is CC(C)CC(C)Cc1cccc(F)c1. The van der Waals surface area contributed by atoms with E-state index in [2.05, 4.69) is 20.8 Å². The van der Waals surface area contributed by atoms with Crippen molar-refractivity contribution in [2.45, 2.75) is 33.6 Å². The van der Waals surface area contributed by atoms with Crippen LogP contribution < -0.4 is 0 Å². The van der Waals surface area contributed by atoms with Crippen LogP contribution in [0.15, 0.2) is 24.3 Å². The van der Waals surface area contributed by atoms with E-state index in [-0.39, 0.29) is 5.82 Å². The molecule has 1 rings (SSSR count). The summed E-state index contributed by atoms with van der Waals surface area (Å²) in [5, 5.41) is 0. The minimum Gasteiger partial charge on any atom is -0.207 e. The van der Waals surface area contributed by atoms with E-state index in [0.29, 0.717) is 5.92 Å². The lowest BCUT2D eigenvalue weighted by Crippen LogP contribution is -2.03. The second-order valence-electron chi connectivity index (χ2n) is 4.57. The maximum absolute atomic E-state index is 12.9. The van der Waals surface area contributed by atoms with Crippen molar-refractivity contribution in [2.75, 3.05) is 0 Å². The molecule has 1 unspecified atom stereocenters. The maximum atomic E-state index is 12.9. The van der Waals surface area contributed by atoms with Gasteiger partial charge < -0.3 is 0 Å². The largest absolute Gasteiger partial charge is 0.207 e. The first-order valence-electron chi connectivity index (χ1n) is 5.32. The molecule has 0 fully saturated rings. The minimum absolute atomic E-state index is 0.126. The number of halogens is 1. The van der Waals surface area contributed by atoms with Crippen LogP contribution >= 0.6 is 0 Å². The van der Waals surface area contributed by atoms with Gasteiger partial charge in [0.25, 0.3) is 0 Å². The molecule has 0 saturated carbocycles. The highest BCUT2D eigenvalue weighted by atomic mass is 19.1. The minimum atomic E-state index is -0.126. The van der Waals surface area contributed by atoms with Gasteiger partial charge >= 0.3 is 0 Å². The van der Waals surface area contributed by atoms with Crippen LogP contribution in [-0.2, 0) is 6.42 Å². The van der Waals surface area contributed by atoms with Crippen LogP contribution in [0.2, 0.25) is 0 Å². The zero-order valence-corrected chi connectivity index (χ0v) is 9.26. The van der Waals surface area contributed by atoms with Crippen molar-refractivity contribution in [1.29, 1.82) is 0 Å². The second-order valence-corrected chi connectivity index (χ2v) is 4.57. The molecule has 0 aromatic heterocycles. The Hall–Kier alpha value is -0.850. The fourth-order valence-corrected chi connectivity index (χ4v) is 1.95. The molecule has 0 heterocycles. The molecule has 0 bridgehead atoms. The van der Waals surface area contributed by atoms with E-state index in [1.165, 1.54) is 12.5 Å². The Bertz CT molecular complexity index is 278. The average Bonchev–Trinajstić information content (AvgIpc) is 2.01. The van der Waals surface area contributed by atoms with Gasteiger partial charge in [-0.1, -0.05) is 32.9 Å². The van der Waals surface area contributed by atoms with Gasteiger partial charge in [-0.15, -0.1) is 0 Å². The molecule has 0 aliphatic heterocycles. The first-order valence-corrected chi connectivity index (χ1v) is 5.32. The van der Waals surface area contributed by atoms with Crippen LogP contribution in [0.25, 0.3) is 0 Å². The Labute approximate surface area is 86.2 Å². The molecule has 0 amide bonds. The summed E-state index contributed by atoms with van der Waals surface area (Å²) in [7, 11) is 0. The van der Waals surface area contributed by atoms with Gasteiger partial charge in [0.15, 0.2) is 0 Å². The Kier molecular flexibility index (Phi) is 4.12. The molecular weight excluding hydrogens is 175 g/mol. The first kappa shape index (κ1) is 11.2. The summed E-state index contributed by atoms with van der Waals surface area (Å²) in [6.07, 6.45) is 2.19. The number of hydrogen-bond acceptors (Lipinski definition) is 0. The third-order valence-electron chi connectivity index (χ3n) is 2.35. The molecule has 0 saturated heterocycles. The van der Waals surface area contributed by atoms with Crippen molar-refractivity contribution in [3.63, 3.8) is 0 Å². The molecule has 0 spiro atoms. The van der Waals surface area contributed by atoms with E-state index in [0.717, 1.165) is 17.9 Å². The summed E-state index contributed by atoms with van der Waals surface area (Å²) in [5.41, 5.74) is 1.11. The molecule has 0 radical (unpaired) electrons. The highest BCUT2D eigenvalue weighted by Gasteiger charge is 2.06. The molecule has 0 aliphatic carbocycles. The molecule has 78 valence electrons. The third kappa shape index (κ3) is 3.91. The van der Waals surface area contributed by atoms with Crippen molar-refractivity contribution >= 4 is 0 Å². The van der Waals surface area contributed by atoms with Gasteiger partial charge in [-0.05, 0) is 42.4 Å². The summed E-state index contributed by atoms with van der Waals surface area (Å²) >= 11 is 0. The van der Waals surface area contributed by atoms with E-state index >= 15 is 0 Å². The Morgan fingerprint density at radius 3 is 2.50 bits per heavy atom. The van der Waals surface area contributed by atoms with Crippen molar-refractivity contribution in [3.8, 4) is 0 Å². The van der Waals surface area contributed by atoms with Crippen molar-refractivity contribution in [1.82, 2.24) is 0 Å². The Balaban J connectivity index is 2.51. The topological polar surface area (TPSA) is 0 Å². The van der Waals surface area contributed by atoms with Gasteiger partial charge in [-0.25, -0.2) is 4.39 Å². The molecular formula is C13H19F. The number of hydrogen-bond donors (Lipinski definition) is 0. The van der Waals surface area contributed by atoms with Crippen LogP contribution in [0.5, 0.6) is 0 Å². The fourth-order valence-electron chi connectivity index (χ4n) is 1.95. The summed E-state index contributed by atoms with van der Waals surface area (Å²) in [6.45, 7) is 6.68. The lowest BCUT2D eigenvalue weighted by Gasteiger charge is -2.13. The van der Waals surface area contributed by atoms with E-state index in [9.17, 15) is 4.39 Å². The molecule has 0 N–H and O–H groups in total. The quantitative estimate of drug-likeness (QED) is 0.678. The van der Waals surface area contributed by atoms with E-state index < -0.39 is 0 Å². The third-order valence-corrected chi connectivity index (χ3v) is 2.35. The van der Waals surface area contributed by atoms with Crippen LogP contribution in [-0.4, -0.2) is 0 Å². The lowest BCUT2D eigenvalue weighted by atomic mass is 9.93. The highest BCUT2D eigenvalue weighted by molar-refractivity contribution is 5.16. The zero-order chi connectivity index (χ0) is 10.6. The summed E-state index contributed by atoms with van der Waals surface area (Å²) in [5.74, 6) is 1.23. The lowest BCUT2D eigenvalue weighted by molar-refractivity contribution is 0.436. The molecule has 1 aromatic rings. The van der Waals surface area contributed by atoms with E-state index in [4.69, 9.17) is 0 Å². The number of benzene rings is 1. The first-order chi connectivity index (χ1) is 6.58. The van der Waals surface area contributed by atoms with Gasteiger partial charge in [-0.3, -0.25) is 0 Å². The van der Waals surface area contributed by atoms with Crippen molar-refractivity contribution in [2.24, 2.45) is 11.8 Å². The smallest absolute Gasteiger partial charge is 0.123 e. The van der Waals surface area contributed by atoms with Crippen LogP contribution in [0, 0.1) is 17.7 Å².